The highest BCUT2D eigenvalue weighted by atomic mass is 35.5. The number of nitrogens with one attached hydrogen (secondary N) is 1. The number of benzene rings is 3. The molecule has 0 spiro atoms. The molecule has 0 bridgehead atoms. The number of carbonyl (C=O) groups excluding carboxylic acids is 2. The van der Waals surface area contributed by atoms with Gasteiger partial charge in [-0.2, -0.15) is 0 Å². The molecule has 0 aliphatic heterocycles. The van der Waals surface area contributed by atoms with Gasteiger partial charge < -0.3 is 10.2 Å². The Labute approximate surface area is 247 Å². The number of carbonyl (C=O) groups is 2. The quantitative estimate of drug-likeness (QED) is 0.235. The van der Waals surface area contributed by atoms with Crippen molar-refractivity contribution >= 4 is 50.7 Å². The van der Waals surface area contributed by atoms with E-state index in [2.05, 4.69) is 5.32 Å². The van der Waals surface area contributed by atoms with Gasteiger partial charge in [0.15, 0.2) is 0 Å². The van der Waals surface area contributed by atoms with Gasteiger partial charge in [0.05, 0.1) is 20.6 Å². The van der Waals surface area contributed by atoms with Crippen molar-refractivity contribution in [3.05, 3.63) is 94.0 Å². The smallest absolute Gasteiger partial charge is 0.264 e. The first kappa shape index (κ1) is 31.5. The van der Waals surface area contributed by atoms with Crippen LogP contribution in [0.3, 0.4) is 0 Å². The molecule has 3 rings (SSSR count). The number of hydrogen-bond donors (Lipinski definition) is 1. The van der Waals surface area contributed by atoms with Crippen LogP contribution in [0, 0.1) is 6.92 Å². The Morgan fingerprint density at radius 2 is 1.60 bits per heavy atom. The number of hydrogen-bond acceptors (Lipinski definition) is 4. The minimum atomic E-state index is -4.24. The van der Waals surface area contributed by atoms with Crippen molar-refractivity contribution in [3.63, 3.8) is 0 Å². The lowest BCUT2D eigenvalue weighted by atomic mass is 10.1. The predicted molar refractivity (Wildman–Crippen MR) is 161 cm³/mol. The van der Waals surface area contributed by atoms with Crippen LogP contribution < -0.4 is 9.62 Å². The van der Waals surface area contributed by atoms with E-state index in [-0.39, 0.29) is 33.1 Å². The summed E-state index contributed by atoms with van der Waals surface area (Å²) in [6, 6.07) is 19.4. The zero-order valence-corrected chi connectivity index (χ0v) is 25.3. The van der Waals surface area contributed by atoms with Crippen LogP contribution in [0.2, 0.25) is 10.0 Å². The number of amides is 2. The summed E-state index contributed by atoms with van der Waals surface area (Å²) < 4.78 is 28.9. The average molecular weight is 605 g/mol. The Balaban J connectivity index is 2.06. The Kier molecular flexibility index (Phi) is 11.4. The van der Waals surface area contributed by atoms with E-state index in [0.29, 0.717) is 13.0 Å². The van der Waals surface area contributed by atoms with Crippen molar-refractivity contribution in [2.45, 2.75) is 57.5 Å². The number of unbranched alkanes of at least 4 members (excludes halogenated alkanes) is 1. The van der Waals surface area contributed by atoms with E-state index in [4.69, 9.17) is 23.2 Å². The van der Waals surface area contributed by atoms with E-state index in [9.17, 15) is 18.0 Å². The van der Waals surface area contributed by atoms with Crippen LogP contribution in [0.1, 0.15) is 44.2 Å². The van der Waals surface area contributed by atoms with Crippen LogP contribution in [0.4, 0.5) is 5.69 Å². The van der Waals surface area contributed by atoms with Crippen molar-refractivity contribution in [1.29, 1.82) is 0 Å². The van der Waals surface area contributed by atoms with Crippen molar-refractivity contribution in [1.82, 2.24) is 10.2 Å². The van der Waals surface area contributed by atoms with Crippen molar-refractivity contribution in [2.75, 3.05) is 17.4 Å². The van der Waals surface area contributed by atoms with Crippen molar-refractivity contribution < 1.29 is 18.0 Å². The fourth-order valence-corrected chi connectivity index (χ4v) is 6.12. The summed E-state index contributed by atoms with van der Waals surface area (Å²) in [4.78, 5) is 28.7. The highest BCUT2D eigenvalue weighted by Crippen LogP contribution is 2.35. The summed E-state index contributed by atoms with van der Waals surface area (Å²) in [5, 5.41) is 3.07. The maximum atomic E-state index is 14.1. The van der Waals surface area contributed by atoms with Crippen LogP contribution in [-0.4, -0.2) is 44.3 Å². The zero-order valence-electron chi connectivity index (χ0n) is 22.9. The molecule has 0 saturated heterocycles. The molecule has 2 amide bonds. The Hall–Kier alpha value is -3.07. The summed E-state index contributed by atoms with van der Waals surface area (Å²) in [7, 11) is -4.24. The second-order valence-corrected chi connectivity index (χ2v) is 12.1. The van der Waals surface area contributed by atoms with E-state index < -0.39 is 28.5 Å². The summed E-state index contributed by atoms with van der Waals surface area (Å²) in [5.74, 6) is -0.831. The topological polar surface area (TPSA) is 86.8 Å². The summed E-state index contributed by atoms with van der Waals surface area (Å²) in [6.07, 6.45) is 2.07. The highest BCUT2D eigenvalue weighted by Gasteiger charge is 2.34. The zero-order chi connectivity index (χ0) is 29.3. The maximum Gasteiger partial charge on any atom is 0.264 e. The Morgan fingerprint density at radius 1 is 0.925 bits per heavy atom. The van der Waals surface area contributed by atoms with E-state index in [1.54, 1.807) is 24.3 Å². The van der Waals surface area contributed by atoms with E-state index >= 15 is 0 Å². The Bertz CT molecular complexity index is 1400. The summed E-state index contributed by atoms with van der Waals surface area (Å²) in [5.41, 5.74) is 1.77. The predicted octanol–water partition coefficient (Wildman–Crippen LogP) is 6.22. The molecule has 10 heteroatoms. The number of halogens is 2. The van der Waals surface area contributed by atoms with E-state index in [1.165, 1.54) is 23.1 Å². The van der Waals surface area contributed by atoms with Gasteiger partial charge >= 0.3 is 0 Å². The second kappa shape index (κ2) is 14.5. The lowest BCUT2D eigenvalue weighted by Crippen LogP contribution is -2.52. The number of aryl methyl sites for hydroxylation is 1. The lowest BCUT2D eigenvalue weighted by Gasteiger charge is -2.33. The molecule has 0 heterocycles. The second-order valence-electron chi connectivity index (χ2n) is 9.47. The van der Waals surface area contributed by atoms with Crippen molar-refractivity contribution in [2.24, 2.45) is 0 Å². The first-order chi connectivity index (χ1) is 19.1. The maximum absolute atomic E-state index is 14.1. The van der Waals surface area contributed by atoms with E-state index in [1.807, 2.05) is 51.1 Å². The molecule has 40 heavy (non-hydrogen) atoms. The Morgan fingerprint density at radius 3 is 2.23 bits per heavy atom. The molecule has 1 atom stereocenters. The third-order valence-corrected chi connectivity index (χ3v) is 9.08. The molecule has 0 fully saturated rings. The van der Waals surface area contributed by atoms with Gasteiger partial charge in [0.2, 0.25) is 11.8 Å². The van der Waals surface area contributed by atoms with Gasteiger partial charge in [0.1, 0.15) is 12.6 Å². The summed E-state index contributed by atoms with van der Waals surface area (Å²) >= 11 is 12.7. The molecule has 214 valence electrons. The van der Waals surface area contributed by atoms with Crippen LogP contribution in [0.25, 0.3) is 0 Å². The fourth-order valence-electron chi connectivity index (χ4n) is 4.24. The first-order valence-electron chi connectivity index (χ1n) is 13.2. The molecule has 0 unspecified atom stereocenters. The van der Waals surface area contributed by atoms with Gasteiger partial charge in [-0.1, -0.05) is 97.6 Å². The molecule has 0 aromatic heterocycles. The number of nitrogens with zero attached hydrogens (tertiary/aromatic N) is 2. The van der Waals surface area contributed by atoms with Gasteiger partial charge in [0, 0.05) is 13.1 Å². The molecule has 1 N–H and O–H groups in total. The van der Waals surface area contributed by atoms with Gasteiger partial charge in [-0.15, -0.1) is 0 Å². The minimum absolute atomic E-state index is 0.000835. The van der Waals surface area contributed by atoms with Gasteiger partial charge in [0.25, 0.3) is 10.0 Å². The van der Waals surface area contributed by atoms with Crippen LogP contribution in [0.15, 0.2) is 77.7 Å². The number of anilines is 1. The molecule has 0 aliphatic carbocycles. The summed E-state index contributed by atoms with van der Waals surface area (Å²) in [6.45, 7) is 5.74. The molecule has 0 saturated carbocycles. The average Bonchev–Trinajstić information content (AvgIpc) is 2.94. The molecule has 3 aromatic rings. The largest absolute Gasteiger partial charge is 0.354 e. The van der Waals surface area contributed by atoms with Crippen LogP contribution in [-0.2, 0) is 26.2 Å². The fraction of sp³-hybridized carbons (Fsp3) is 0.333. The molecule has 0 aliphatic rings. The van der Waals surface area contributed by atoms with Crippen molar-refractivity contribution in [3.8, 4) is 0 Å². The monoisotopic (exact) mass is 603 g/mol. The SMILES string of the molecule is CCCCNC(=O)[C@H](CC)N(Cc1ccccc1)C(=O)CN(c1cccc(Cl)c1Cl)S(=O)(=O)c1ccc(C)cc1. The molecule has 0 radical (unpaired) electrons. The normalized spacial score (nSPS) is 12.0. The van der Waals surface area contributed by atoms with Crippen LogP contribution in [0.5, 0.6) is 0 Å². The highest BCUT2D eigenvalue weighted by molar-refractivity contribution is 7.92. The van der Waals surface area contributed by atoms with Gasteiger partial charge in [-0.05, 0) is 49.6 Å². The molecular weight excluding hydrogens is 569 g/mol. The minimum Gasteiger partial charge on any atom is -0.354 e. The number of rotatable bonds is 13. The number of sulfonamides is 1. The first-order valence-corrected chi connectivity index (χ1v) is 15.4. The van der Waals surface area contributed by atoms with E-state index in [0.717, 1.165) is 28.3 Å². The van der Waals surface area contributed by atoms with Crippen LogP contribution >= 0.6 is 23.2 Å². The third-order valence-electron chi connectivity index (χ3n) is 6.50. The molecule has 7 nitrogen and oxygen atoms in total. The molecule has 3 aromatic carbocycles. The van der Waals surface area contributed by atoms with Gasteiger partial charge in [-0.3, -0.25) is 13.9 Å². The standard InChI is InChI=1S/C30H35Cl2N3O4S/c1-4-6-19-33-30(37)26(5-2)34(20-23-11-8-7-9-12-23)28(36)21-35(27-14-10-13-25(31)29(27)32)40(38,39)24-17-15-22(3)16-18-24/h7-18,26H,4-6,19-21H2,1-3H3,(H,33,37)/t26-/m0/s1. The lowest BCUT2D eigenvalue weighted by molar-refractivity contribution is -0.140. The molecular formula is C30H35Cl2N3O4S. The van der Waals surface area contributed by atoms with Gasteiger partial charge in [-0.25, -0.2) is 8.42 Å². The third kappa shape index (κ3) is 7.77.